The van der Waals surface area contributed by atoms with E-state index in [4.69, 9.17) is 23.2 Å². The fourth-order valence-electron chi connectivity index (χ4n) is 3.90. The molecule has 7 nitrogen and oxygen atoms in total. The maximum Gasteiger partial charge on any atom is 0.331 e. The molecular formula is C20H17Cl2N5O2S. The normalized spacial score (nSPS) is 18.4. The van der Waals surface area contributed by atoms with Crippen LogP contribution in [0.2, 0.25) is 10.0 Å². The Hall–Kier alpha value is -2.39. The second-order valence-electron chi connectivity index (χ2n) is 7.23. The van der Waals surface area contributed by atoms with Gasteiger partial charge in [-0.15, -0.1) is 11.3 Å². The maximum absolute atomic E-state index is 13.1. The second-order valence-corrected chi connectivity index (χ2v) is 9.10. The van der Waals surface area contributed by atoms with Gasteiger partial charge in [-0.3, -0.25) is 9.69 Å². The lowest BCUT2D eigenvalue weighted by molar-refractivity contribution is 0.0935. The summed E-state index contributed by atoms with van der Waals surface area (Å²) in [6, 6.07) is 6.37. The summed E-state index contributed by atoms with van der Waals surface area (Å²) in [6.45, 7) is 1.71. The highest BCUT2D eigenvalue weighted by atomic mass is 35.5. The fourth-order valence-corrected chi connectivity index (χ4v) is 5.43. The Balaban J connectivity index is 1.58. The highest BCUT2D eigenvalue weighted by Crippen LogP contribution is 2.46. The van der Waals surface area contributed by atoms with Crippen molar-refractivity contribution in [2.24, 2.45) is 0 Å². The number of urea groups is 1. The third kappa shape index (κ3) is 3.39. The van der Waals surface area contributed by atoms with Crippen molar-refractivity contribution in [3.8, 4) is 0 Å². The van der Waals surface area contributed by atoms with Gasteiger partial charge in [-0.25, -0.2) is 9.78 Å². The molecule has 5 rings (SSSR count). The highest BCUT2D eigenvalue weighted by molar-refractivity contribution is 7.21. The number of nitrogens with one attached hydrogen (secondary N) is 3. The molecule has 2 aromatic heterocycles. The predicted octanol–water partition coefficient (Wildman–Crippen LogP) is 4.77. The van der Waals surface area contributed by atoms with Gasteiger partial charge in [0.25, 0.3) is 5.91 Å². The Bertz CT molecular complexity index is 1160. The lowest BCUT2D eigenvalue weighted by Gasteiger charge is -2.29. The number of benzene rings is 1. The van der Waals surface area contributed by atoms with Crippen molar-refractivity contribution in [3.63, 3.8) is 0 Å². The zero-order valence-corrected chi connectivity index (χ0v) is 18.0. The standard InChI is InChI=1S/C20H17Cl2N5O2S/c21-10-6-11(22)8-13(7-10)27-14-3-5-24-19-15(14)16(26-20(27)29)17(30-19)18(28)25-12-2-1-4-23-9-12/h3,5-8,12,23H,1-2,4,9H2,(H,25,28)(H,26,29)/t12-/m1/s1. The Morgan fingerprint density at radius 1 is 1.27 bits per heavy atom. The molecule has 154 valence electrons. The van der Waals surface area contributed by atoms with Crippen LogP contribution < -0.4 is 20.9 Å². The largest absolute Gasteiger partial charge is 0.347 e. The zero-order chi connectivity index (χ0) is 20.8. The summed E-state index contributed by atoms with van der Waals surface area (Å²) in [6.07, 6.45) is 3.57. The number of hydrogen-bond acceptors (Lipinski definition) is 5. The van der Waals surface area contributed by atoms with Gasteiger partial charge in [0, 0.05) is 28.8 Å². The quantitative estimate of drug-likeness (QED) is 0.524. The minimum absolute atomic E-state index is 0.0699. The monoisotopic (exact) mass is 461 g/mol. The number of rotatable bonds is 3. The van der Waals surface area contributed by atoms with Crippen LogP contribution in [0.4, 0.5) is 21.9 Å². The smallest absolute Gasteiger partial charge is 0.331 e. The number of thiophene rings is 1. The first-order chi connectivity index (χ1) is 14.5. The summed E-state index contributed by atoms with van der Waals surface area (Å²) in [4.78, 5) is 33.1. The molecule has 1 atom stereocenters. The minimum atomic E-state index is -0.389. The number of hydrogen-bond donors (Lipinski definition) is 3. The van der Waals surface area contributed by atoms with Crippen molar-refractivity contribution in [1.29, 1.82) is 0 Å². The fraction of sp³-hybridized carbons (Fsp3) is 0.250. The number of pyridine rings is 1. The SMILES string of the molecule is O=C(N[C@@H]1CCCNC1)c1sc2nccc3c2c1NC(=O)N3c1cc(Cl)cc(Cl)c1. The number of halogens is 2. The molecule has 3 amide bonds. The van der Waals surface area contributed by atoms with E-state index in [-0.39, 0.29) is 18.0 Å². The van der Waals surface area contributed by atoms with E-state index in [1.54, 1.807) is 30.5 Å². The van der Waals surface area contributed by atoms with E-state index in [0.29, 0.717) is 36.8 Å². The van der Waals surface area contributed by atoms with E-state index in [0.717, 1.165) is 31.3 Å². The molecule has 4 heterocycles. The van der Waals surface area contributed by atoms with Crippen LogP contribution in [0.3, 0.4) is 0 Å². The van der Waals surface area contributed by atoms with E-state index in [1.807, 2.05) is 0 Å². The molecule has 3 aromatic rings. The van der Waals surface area contributed by atoms with Crippen molar-refractivity contribution in [1.82, 2.24) is 15.6 Å². The number of carbonyl (C=O) groups excluding carboxylic acids is 2. The van der Waals surface area contributed by atoms with Crippen LogP contribution >= 0.6 is 34.5 Å². The van der Waals surface area contributed by atoms with Crippen LogP contribution in [-0.2, 0) is 0 Å². The van der Waals surface area contributed by atoms with E-state index >= 15 is 0 Å². The third-order valence-electron chi connectivity index (χ3n) is 5.19. The van der Waals surface area contributed by atoms with Crippen LogP contribution in [0, 0.1) is 0 Å². The van der Waals surface area contributed by atoms with Gasteiger partial charge in [0.2, 0.25) is 0 Å². The summed E-state index contributed by atoms with van der Waals surface area (Å²) < 4.78 is 0. The third-order valence-corrected chi connectivity index (χ3v) is 6.72. The zero-order valence-electron chi connectivity index (χ0n) is 15.7. The molecule has 2 aliphatic rings. The highest BCUT2D eigenvalue weighted by Gasteiger charge is 2.33. The first-order valence-corrected chi connectivity index (χ1v) is 11.1. The van der Waals surface area contributed by atoms with Crippen molar-refractivity contribution >= 4 is 73.8 Å². The second kappa shape index (κ2) is 7.70. The lowest BCUT2D eigenvalue weighted by atomic mass is 10.1. The number of aromatic nitrogens is 1. The van der Waals surface area contributed by atoms with Gasteiger partial charge in [-0.1, -0.05) is 23.2 Å². The molecular weight excluding hydrogens is 445 g/mol. The van der Waals surface area contributed by atoms with Crippen molar-refractivity contribution in [3.05, 3.63) is 45.4 Å². The van der Waals surface area contributed by atoms with Crippen molar-refractivity contribution < 1.29 is 9.59 Å². The molecule has 10 heteroatoms. The molecule has 3 N–H and O–H groups in total. The molecule has 0 saturated carbocycles. The molecule has 0 radical (unpaired) electrons. The van der Waals surface area contributed by atoms with Gasteiger partial charge in [-0.2, -0.15) is 0 Å². The molecule has 2 aliphatic heterocycles. The Morgan fingerprint density at radius 3 is 2.80 bits per heavy atom. The molecule has 0 unspecified atom stereocenters. The Labute approximate surface area is 186 Å². The van der Waals surface area contributed by atoms with Gasteiger partial charge in [0.05, 0.1) is 22.4 Å². The number of nitrogens with zero attached hydrogens (tertiary/aromatic N) is 2. The van der Waals surface area contributed by atoms with Crippen LogP contribution in [0.5, 0.6) is 0 Å². The minimum Gasteiger partial charge on any atom is -0.347 e. The van der Waals surface area contributed by atoms with Gasteiger partial charge < -0.3 is 16.0 Å². The summed E-state index contributed by atoms with van der Waals surface area (Å²) in [5.74, 6) is -0.202. The lowest BCUT2D eigenvalue weighted by Crippen LogP contribution is -2.45. The van der Waals surface area contributed by atoms with E-state index in [2.05, 4.69) is 20.9 Å². The predicted molar refractivity (Wildman–Crippen MR) is 121 cm³/mol. The van der Waals surface area contributed by atoms with Gasteiger partial charge >= 0.3 is 6.03 Å². The Morgan fingerprint density at radius 2 is 2.07 bits per heavy atom. The van der Waals surface area contributed by atoms with Gasteiger partial charge in [0.15, 0.2) is 0 Å². The number of piperidine rings is 1. The van der Waals surface area contributed by atoms with Crippen molar-refractivity contribution in [2.75, 3.05) is 23.3 Å². The van der Waals surface area contributed by atoms with Crippen LogP contribution in [0.25, 0.3) is 10.2 Å². The molecule has 1 aromatic carbocycles. The van der Waals surface area contributed by atoms with Crippen LogP contribution in [-0.4, -0.2) is 36.1 Å². The summed E-state index contributed by atoms with van der Waals surface area (Å²) in [5, 5.41) is 10.8. The van der Waals surface area contributed by atoms with Crippen LogP contribution in [0.1, 0.15) is 22.5 Å². The molecule has 0 spiro atoms. The van der Waals surface area contributed by atoms with Gasteiger partial charge in [0.1, 0.15) is 9.71 Å². The van der Waals surface area contributed by atoms with E-state index in [9.17, 15) is 9.59 Å². The molecule has 0 aliphatic carbocycles. The first-order valence-electron chi connectivity index (χ1n) is 9.51. The number of carbonyl (C=O) groups is 2. The number of anilines is 3. The van der Waals surface area contributed by atoms with Crippen LogP contribution in [0.15, 0.2) is 30.5 Å². The topological polar surface area (TPSA) is 86.4 Å². The number of amides is 3. The van der Waals surface area contributed by atoms with E-state index < -0.39 is 0 Å². The first kappa shape index (κ1) is 19.6. The molecule has 1 saturated heterocycles. The average molecular weight is 462 g/mol. The van der Waals surface area contributed by atoms with Crippen molar-refractivity contribution in [2.45, 2.75) is 18.9 Å². The Kier molecular flexibility index (Phi) is 5.02. The molecule has 1 fully saturated rings. The average Bonchev–Trinajstić information content (AvgIpc) is 3.08. The summed E-state index contributed by atoms with van der Waals surface area (Å²) in [5.41, 5.74) is 1.66. The maximum atomic E-state index is 13.1. The summed E-state index contributed by atoms with van der Waals surface area (Å²) in [7, 11) is 0. The molecule has 0 bridgehead atoms. The van der Waals surface area contributed by atoms with E-state index in [1.165, 1.54) is 16.2 Å². The summed E-state index contributed by atoms with van der Waals surface area (Å²) >= 11 is 13.6. The van der Waals surface area contributed by atoms with Gasteiger partial charge in [-0.05, 0) is 43.7 Å². The molecule has 30 heavy (non-hydrogen) atoms.